The van der Waals surface area contributed by atoms with Crippen LogP contribution in [0.3, 0.4) is 0 Å². The van der Waals surface area contributed by atoms with E-state index in [1.54, 1.807) is 7.11 Å². The lowest BCUT2D eigenvalue weighted by atomic mass is 9.80. The van der Waals surface area contributed by atoms with Crippen molar-refractivity contribution < 1.29 is 28.8 Å². The molecule has 0 saturated carbocycles. The van der Waals surface area contributed by atoms with Crippen molar-refractivity contribution in [1.29, 1.82) is 0 Å². The van der Waals surface area contributed by atoms with Crippen LogP contribution in [0.25, 0.3) is 10.4 Å². The topological polar surface area (TPSA) is 147 Å². The van der Waals surface area contributed by atoms with E-state index in [1.807, 2.05) is 104 Å². The number of ether oxygens (including phenoxy) is 4. The van der Waals surface area contributed by atoms with Crippen LogP contribution in [0.5, 0.6) is 17.2 Å². The number of carbonyl (C=O) groups excluding carboxylic acids is 1. The van der Waals surface area contributed by atoms with Crippen LogP contribution in [-0.4, -0.2) is 55.9 Å². The van der Waals surface area contributed by atoms with Gasteiger partial charge in [0, 0.05) is 36.5 Å². The summed E-state index contributed by atoms with van der Waals surface area (Å²) in [5.41, 5.74) is 11.6. The number of aliphatic hydroxyl groups is 1. The molecule has 2 atom stereocenters. The number of benzene rings is 4. The quantitative estimate of drug-likeness (QED) is 0.0569. The second-order valence-electron chi connectivity index (χ2n) is 11.4. The number of para-hydroxylation sites is 1. The highest BCUT2D eigenvalue weighted by Crippen LogP contribution is 2.43. The van der Waals surface area contributed by atoms with Crippen LogP contribution < -0.4 is 19.5 Å². The number of aliphatic imine (C=N–C) groups is 1. The number of rotatable bonds is 17. The van der Waals surface area contributed by atoms with Crippen molar-refractivity contribution in [3.8, 4) is 17.2 Å². The third kappa shape index (κ3) is 8.51. The van der Waals surface area contributed by atoms with Gasteiger partial charge in [-0.05, 0) is 83.6 Å². The Kier molecular flexibility index (Phi) is 12.1. The Morgan fingerprint density at radius 1 is 0.980 bits per heavy atom. The molecule has 5 rings (SSSR count). The Morgan fingerprint density at radius 3 is 2.47 bits per heavy atom. The summed E-state index contributed by atoms with van der Waals surface area (Å²) >= 11 is 0. The van der Waals surface area contributed by atoms with Gasteiger partial charge in [-0.2, -0.15) is 0 Å². The SMILES string of the molecule is CCOc1ccccc1CCNC(=O)[C@]1(Cc2ccccc2CN=[N+]=[N-])N=C(c2ccc(OCCCO)cc2)O[C@@H]1c1cccc(OC)c1. The molecule has 0 radical (unpaired) electrons. The first-order valence-corrected chi connectivity index (χ1v) is 16.3. The van der Waals surface area contributed by atoms with Gasteiger partial charge >= 0.3 is 0 Å². The molecule has 2 N–H and O–H groups in total. The highest BCUT2D eigenvalue weighted by Gasteiger charge is 2.53. The number of nitrogens with one attached hydrogen (secondary N) is 1. The number of hydrogen-bond acceptors (Lipinski definition) is 8. The minimum Gasteiger partial charge on any atom is -0.497 e. The van der Waals surface area contributed by atoms with Crippen LogP contribution in [0.1, 0.15) is 47.3 Å². The van der Waals surface area contributed by atoms with Crippen molar-refractivity contribution in [3.63, 3.8) is 0 Å². The van der Waals surface area contributed by atoms with Crippen LogP contribution in [0, 0.1) is 0 Å². The van der Waals surface area contributed by atoms with E-state index in [1.165, 1.54) is 0 Å². The smallest absolute Gasteiger partial charge is 0.252 e. The lowest BCUT2D eigenvalue weighted by Crippen LogP contribution is -2.50. The number of hydrogen-bond donors (Lipinski definition) is 2. The van der Waals surface area contributed by atoms with Crippen LogP contribution in [0.15, 0.2) is 107 Å². The summed E-state index contributed by atoms with van der Waals surface area (Å²) in [5.74, 6) is 2.03. The molecule has 1 heterocycles. The number of amides is 1. The Labute approximate surface area is 286 Å². The Bertz CT molecular complexity index is 1790. The average molecular weight is 664 g/mol. The van der Waals surface area contributed by atoms with Gasteiger partial charge in [-0.15, -0.1) is 0 Å². The summed E-state index contributed by atoms with van der Waals surface area (Å²) in [6.07, 6.45) is 0.403. The normalized spacial score (nSPS) is 16.6. The first-order chi connectivity index (χ1) is 24.0. The molecule has 0 bridgehead atoms. The fraction of sp³-hybridized carbons (Fsp3) is 0.316. The Balaban J connectivity index is 1.57. The second kappa shape index (κ2) is 17.1. The van der Waals surface area contributed by atoms with Gasteiger partial charge in [-0.3, -0.25) is 4.79 Å². The van der Waals surface area contributed by atoms with Crippen LogP contribution in [0.4, 0.5) is 0 Å². The van der Waals surface area contributed by atoms with E-state index in [0.717, 1.165) is 22.4 Å². The second-order valence-corrected chi connectivity index (χ2v) is 11.4. The fourth-order valence-electron chi connectivity index (χ4n) is 5.84. The van der Waals surface area contributed by atoms with E-state index < -0.39 is 11.6 Å². The fourth-order valence-corrected chi connectivity index (χ4v) is 5.84. The molecule has 1 amide bonds. The maximum atomic E-state index is 14.7. The van der Waals surface area contributed by atoms with Gasteiger partial charge in [0.25, 0.3) is 5.91 Å². The third-order valence-electron chi connectivity index (χ3n) is 8.26. The Hall–Kier alpha value is -5.51. The standard InChI is InChI=1S/C38H41N5O6/c1-3-47-34-15-7-6-10-27(34)20-21-40-37(45)38(25-30-11-4-5-12-31(30)26-41-43-39)35(29-13-8-14-33(24-29)46-2)49-36(42-38)28-16-18-32(19-17-28)48-23-9-22-44/h4-8,10-19,24,35,44H,3,9,20-23,25-26H2,1-2H3,(H,40,45)/t35-,38-/m1/s1. The minimum absolute atomic E-state index is 0.0452. The first kappa shape index (κ1) is 34.8. The molecule has 11 nitrogen and oxygen atoms in total. The zero-order valence-electron chi connectivity index (χ0n) is 27.7. The molecule has 49 heavy (non-hydrogen) atoms. The maximum Gasteiger partial charge on any atom is 0.252 e. The van der Waals surface area contributed by atoms with Crippen molar-refractivity contribution in [2.75, 3.05) is 33.5 Å². The summed E-state index contributed by atoms with van der Waals surface area (Å²) in [6, 6.07) is 30.1. The molecule has 0 saturated heterocycles. The Morgan fingerprint density at radius 2 is 1.73 bits per heavy atom. The lowest BCUT2D eigenvalue weighted by molar-refractivity contribution is -0.128. The average Bonchev–Trinajstić information content (AvgIpc) is 3.53. The van der Waals surface area contributed by atoms with Gasteiger partial charge in [0.15, 0.2) is 11.6 Å². The molecule has 1 aliphatic rings. The van der Waals surface area contributed by atoms with Gasteiger partial charge < -0.3 is 29.4 Å². The molecule has 4 aromatic rings. The number of carbonyl (C=O) groups is 1. The highest BCUT2D eigenvalue weighted by molar-refractivity contribution is 6.01. The van der Waals surface area contributed by atoms with Crippen LogP contribution in [0.2, 0.25) is 0 Å². The van der Waals surface area contributed by atoms with E-state index in [-0.39, 0.29) is 25.5 Å². The number of nitrogens with zero attached hydrogens (tertiary/aromatic N) is 4. The zero-order chi connectivity index (χ0) is 34.5. The summed E-state index contributed by atoms with van der Waals surface area (Å²) in [7, 11) is 1.59. The predicted molar refractivity (Wildman–Crippen MR) is 187 cm³/mol. The minimum atomic E-state index is -1.45. The first-order valence-electron chi connectivity index (χ1n) is 16.3. The molecule has 1 aliphatic heterocycles. The van der Waals surface area contributed by atoms with Crippen LogP contribution in [-0.2, 0) is 28.9 Å². The monoisotopic (exact) mass is 663 g/mol. The summed E-state index contributed by atoms with van der Waals surface area (Å²) in [5, 5.41) is 16.1. The van der Waals surface area contributed by atoms with Crippen molar-refractivity contribution in [2.24, 2.45) is 10.1 Å². The van der Waals surface area contributed by atoms with Crippen LogP contribution >= 0.6 is 0 Å². The molecule has 11 heteroatoms. The van der Waals surface area contributed by atoms with Gasteiger partial charge in [0.2, 0.25) is 5.90 Å². The van der Waals surface area contributed by atoms with Crippen molar-refractivity contribution in [3.05, 3.63) is 135 Å². The molecule has 0 fully saturated rings. The predicted octanol–water partition coefficient (Wildman–Crippen LogP) is 6.52. The number of aliphatic hydroxyl groups excluding tert-OH is 1. The van der Waals surface area contributed by atoms with Crippen molar-refractivity contribution in [1.82, 2.24) is 5.32 Å². The summed E-state index contributed by atoms with van der Waals surface area (Å²) < 4.78 is 23.8. The van der Waals surface area contributed by atoms with Gasteiger partial charge in [-0.1, -0.05) is 59.7 Å². The van der Waals surface area contributed by atoms with Gasteiger partial charge in [0.1, 0.15) is 17.2 Å². The van der Waals surface area contributed by atoms with Crippen molar-refractivity contribution in [2.45, 2.75) is 44.4 Å². The summed E-state index contributed by atoms with van der Waals surface area (Å²) in [6.45, 7) is 3.36. The van der Waals surface area contributed by atoms with E-state index in [0.29, 0.717) is 61.1 Å². The van der Waals surface area contributed by atoms with E-state index in [2.05, 4.69) is 15.3 Å². The maximum absolute atomic E-state index is 14.7. The largest absolute Gasteiger partial charge is 0.497 e. The molecular formula is C38H41N5O6. The molecule has 0 spiro atoms. The van der Waals surface area contributed by atoms with Gasteiger partial charge in [0.05, 0.1) is 26.9 Å². The van der Waals surface area contributed by atoms with E-state index >= 15 is 0 Å². The molecular weight excluding hydrogens is 622 g/mol. The molecule has 254 valence electrons. The molecule has 0 aromatic heterocycles. The third-order valence-corrected chi connectivity index (χ3v) is 8.26. The highest BCUT2D eigenvalue weighted by atomic mass is 16.5. The number of azide groups is 1. The van der Waals surface area contributed by atoms with E-state index in [9.17, 15) is 4.79 Å². The molecule has 0 aliphatic carbocycles. The molecule has 4 aromatic carbocycles. The lowest BCUT2D eigenvalue weighted by Gasteiger charge is -2.31. The molecule has 0 unspecified atom stereocenters. The number of methoxy groups -OCH3 is 1. The van der Waals surface area contributed by atoms with Crippen molar-refractivity contribution >= 4 is 11.8 Å². The zero-order valence-corrected chi connectivity index (χ0v) is 27.7. The summed E-state index contributed by atoms with van der Waals surface area (Å²) in [4.78, 5) is 22.8. The van der Waals surface area contributed by atoms with Gasteiger partial charge in [-0.25, -0.2) is 4.99 Å². The van der Waals surface area contributed by atoms with E-state index in [4.69, 9.17) is 34.6 Å².